The number of nitrogens with zero attached hydrogens (tertiary/aromatic N) is 4. The summed E-state index contributed by atoms with van der Waals surface area (Å²) in [4.78, 5) is 45.9. The fraction of sp³-hybridized carbons (Fsp3) is 0.647. The highest BCUT2D eigenvalue weighted by Crippen LogP contribution is 2.22. The normalized spacial score (nSPS) is 19.2. The highest BCUT2D eigenvalue weighted by Gasteiger charge is 2.40. The number of likely N-dealkylation sites (tertiary alicyclic amines) is 1. The van der Waals surface area contributed by atoms with Crippen LogP contribution in [0.15, 0.2) is 5.38 Å². The number of aryl methyl sites for hydroxylation is 1. The summed E-state index contributed by atoms with van der Waals surface area (Å²) in [5.74, 6) is -0.251. The van der Waals surface area contributed by atoms with Crippen molar-refractivity contribution in [1.29, 1.82) is 0 Å². The van der Waals surface area contributed by atoms with Gasteiger partial charge in [-0.25, -0.2) is 9.78 Å². The third-order valence-electron chi connectivity index (χ3n) is 4.83. The first-order chi connectivity index (χ1) is 13.0. The maximum Gasteiger partial charge on any atom is 0.327 e. The van der Waals surface area contributed by atoms with Gasteiger partial charge in [0.05, 0.1) is 25.4 Å². The van der Waals surface area contributed by atoms with Crippen LogP contribution in [0, 0.1) is 6.92 Å². The smallest absolute Gasteiger partial charge is 0.327 e. The molecular weight excluding hydrogens is 370 g/mol. The van der Waals surface area contributed by atoms with E-state index in [1.807, 2.05) is 12.3 Å². The zero-order valence-electron chi connectivity index (χ0n) is 15.6. The number of ether oxygens (including phenoxy) is 1. The quantitative estimate of drug-likeness (QED) is 0.685. The van der Waals surface area contributed by atoms with Crippen LogP contribution >= 0.6 is 11.3 Å². The Morgan fingerprint density at radius 3 is 2.74 bits per heavy atom. The molecule has 0 saturated carbocycles. The van der Waals surface area contributed by atoms with Crippen molar-refractivity contribution in [3.05, 3.63) is 11.1 Å². The third kappa shape index (κ3) is 4.82. The second-order valence-electron chi connectivity index (χ2n) is 6.80. The first-order valence-corrected chi connectivity index (χ1v) is 9.90. The lowest BCUT2D eigenvalue weighted by atomic mass is 10.0. The van der Waals surface area contributed by atoms with Crippen molar-refractivity contribution in [2.24, 2.45) is 0 Å². The zero-order chi connectivity index (χ0) is 19.4. The molecule has 1 aromatic heterocycles. The Balaban J connectivity index is 1.45. The molecule has 1 N–H and O–H groups in total. The molecule has 27 heavy (non-hydrogen) atoms. The number of thiazole rings is 1. The first kappa shape index (κ1) is 19.7. The molecule has 148 valence electrons. The molecule has 0 radical (unpaired) electrons. The van der Waals surface area contributed by atoms with Crippen LogP contribution in [0.5, 0.6) is 0 Å². The lowest BCUT2D eigenvalue weighted by Crippen LogP contribution is -2.48. The Bertz CT molecular complexity index is 701. The number of anilines is 1. The van der Waals surface area contributed by atoms with Crippen molar-refractivity contribution in [2.75, 3.05) is 51.8 Å². The Hall–Kier alpha value is -2.04. The van der Waals surface area contributed by atoms with Crippen molar-refractivity contribution >= 4 is 34.3 Å². The van der Waals surface area contributed by atoms with E-state index in [9.17, 15) is 14.4 Å². The summed E-state index contributed by atoms with van der Waals surface area (Å²) in [7, 11) is 1.55. The van der Waals surface area contributed by atoms with E-state index < -0.39 is 0 Å². The topological polar surface area (TPSA) is 95.1 Å². The molecule has 2 saturated heterocycles. The van der Waals surface area contributed by atoms with Crippen LogP contribution in [0.3, 0.4) is 0 Å². The number of methoxy groups -OCH3 is 1. The average molecular weight is 395 g/mol. The Labute approximate surface area is 162 Å². The second-order valence-corrected chi connectivity index (χ2v) is 7.66. The maximum atomic E-state index is 12.5. The van der Waals surface area contributed by atoms with Gasteiger partial charge in [0, 0.05) is 31.6 Å². The predicted molar refractivity (Wildman–Crippen MR) is 101 cm³/mol. The van der Waals surface area contributed by atoms with Gasteiger partial charge in [-0.3, -0.25) is 19.4 Å². The van der Waals surface area contributed by atoms with Crippen molar-refractivity contribution in [3.63, 3.8) is 0 Å². The van der Waals surface area contributed by atoms with Crippen molar-refractivity contribution < 1.29 is 19.1 Å². The molecule has 0 aromatic carbocycles. The van der Waals surface area contributed by atoms with E-state index in [1.54, 1.807) is 12.0 Å². The molecule has 3 rings (SSSR count). The summed E-state index contributed by atoms with van der Waals surface area (Å²) >= 11 is 1.41. The van der Waals surface area contributed by atoms with Gasteiger partial charge in [0.1, 0.15) is 6.54 Å². The van der Waals surface area contributed by atoms with Crippen LogP contribution in [0.25, 0.3) is 0 Å². The monoisotopic (exact) mass is 395 g/mol. The van der Waals surface area contributed by atoms with Crippen LogP contribution < -0.4 is 5.32 Å². The third-order valence-corrected chi connectivity index (χ3v) is 5.71. The molecule has 2 aliphatic rings. The highest BCUT2D eigenvalue weighted by atomic mass is 32.1. The number of carbonyl (C=O) groups is 3. The van der Waals surface area contributed by atoms with Gasteiger partial charge in [0.25, 0.3) is 0 Å². The van der Waals surface area contributed by atoms with Crippen molar-refractivity contribution in [2.45, 2.75) is 25.8 Å². The van der Waals surface area contributed by atoms with Crippen LogP contribution in [-0.4, -0.2) is 90.0 Å². The second kappa shape index (κ2) is 8.77. The van der Waals surface area contributed by atoms with E-state index in [1.165, 1.54) is 16.2 Å². The molecule has 1 aromatic rings. The van der Waals surface area contributed by atoms with Gasteiger partial charge in [0.15, 0.2) is 5.13 Å². The number of amides is 4. The van der Waals surface area contributed by atoms with Gasteiger partial charge >= 0.3 is 6.03 Å². The minimum absolute atomic E-state index is 0.0370. The Morgan fingerprint density at radius 2 is 2.11 bits per heavy atom. The number of hydrogen-bond acceptors (Lipinski definition) is 7. The summed E-state index contributed by atoms with van der Waals surface area (Å²) < 4.78 is 4.96. The molecule has 10 heteroatoms. The van der Waals surface area contributed by atoms with Gasteiger partial charge < -0.3 is 15.0 Å². The molecule has 9 nitrogen and oxygen atoms in total. The molecule has 0 spiro atoms. The molecule has 0 unspecified atom stereocenters. The number of piperidine rings is 1. The van der Waals surface area contributed by atoms with E-state index >= 15 is 0 Å². The van der Waals surface area contributed by atoms with Crippen molar-refractivity contribution in [3.8, 4) is 0 Å². The number of imide groups is 1. The van der Waals surface area contributed by atoms with Gasteiger partial charge in [-0.2, -0.15) is 0 Å². The lowest BCUT2D eigenvalue weighted by Gasteiger charge is -2.35. The summed E-state index contributed by atoms with van der Waals surface area (Å²) in [6.07, 6.45) is 1.50. The Kier molecular flexibility index (Phi) is 6.40. The van der Waals surface area contributed by atoms with E-state index in [0.29, 0.717) is 37.9 Å². The molecule has 0 atom stereocenters. The van der Waals surface area contributed by atoms with Crippen LogP contribution in [0.4, 0.5) is 9.93 Å². The van der Waals surface area contributed by atoms with Crippen LogP contribution in [0.1, 0.15) is 18.5 Å². The molecule has 0 bridgehead atoms. The standard InChI is InChI=1S/C17H25N5O4S/c1-12-11-27-16(18-12)19-14(23)9-20-5-3-13(4-6-20)22-10-15(24)21(17(22)25)7-8-26-2/h11,13H,3-10H2,1-2H3,(H,18,19,23). The minimum atomic E-state index is -0.229. The SMILES string of the molecule is COCCN1C(=O)CN(C2CCN(CC(=O)Nc3nc(C)cs3)CC2)C1=O. The molecule has 2 fully saturated rings. The first-order valence-electron chi connectivity index (χ1n) is 9.02. The number of carbonyl (C=O) groups excluding carboxylic acids is 3. The summed E-state index contributed by atoms with van der Waals surface area (Å²) in [6, 6.07) is -0.192. The molecule has 3 heterocycles. The van der Waals surface area contributed by atoms with Crippen LogP contribution in [-0.2, 0) is 14.3 Å². The number of nitrogens with one attached hydrogen (secondary N) is 1. The zero-order valence-corrected chi connectivity index (χ0v) is 16.5. The molecule has 2 aliphatic heterocycles. The summed E-state index contributed by atoms with van der Waals surface area (Å²) in [5, 5.41) is 5.32. The van der Waals surface area contributed by atoms with Gasteiger partial charge in [-0.15, -0.1) is 11.3 Å². The molecule has 4 amide bonds. The van der Waals surface area contributed by atoms with E-state index in [4.69, 9.17) is 4.74 Å². The largest absolute Gasteiger partial charge is 0.383 e. The fourth-order valence-corrected chi connectivity index (χ4v) is 4.12. The molecular formula is C17H25N5O4S. The minimum Gasteiger partial charge on any atom is -0.383 e. The average Bonchev–Trinajstić information content (AvgIpc) is 3.17. The summed E-state index contributed by atoms with van der Waals surface area (Å²) in [6.45, 7) is 4.39. The maximum absolute atomic E-state index is 12.5. The summed E-state index contributed by atoms with van der Waals surface area (Å²) in [5.41, 5.74) is 0.889. The Morgan fingerprint density at radius 1 is 1.37 bits per heavy atom. The van der Waals surface area contributed by atoms with Crippen LogP contribution in [0.2, 0.25) is 0 Å². The fourth-order valence-electron chi connectivity index (χ4n) is 3.41. The van der Waals surface area contributed by atoms with Crippen molar-refractivity contribution in [1.82, 2.24) is 19.7 Å². The highest BCUT2D eigenvalue weighted by molar-refractivity contribution is 7.13. The number of hydrogen-bond donors (Lipinski definition) is 1. The lowest BCUT2D eigenvalue weighted by molar-refractivity contribution is -0.125. The predicted octanol–water partition coefficient (Wildman–Crippen LogP) is 0.765. The van der Waals surface area contributed by atoms with E-state index in [-0.39, 0.29) is 30.4 Å². The number of urea groups is 1. The van der Waals surface area contributed by atoms with Gasteiger partial charge in [-0.05, 0) is 19.8 Å². The van der Waals surface area contributed by atoms with E-state index in [2.05, 4.69) is 15.2 Å². The molecule has 0 aliphatic carbocycles. The number of aromatic nitrogens is 1. The number of rotatable bonds is 7. The van der Waals surface area contributed by atoms with E-state index in [0.717, 1.165) is 18.5 Å². The van der Waals surface area contributed by atoms with Gasteiger partial charge in [-0.1, -0.05) is 0 Å². The van der Waals surface area contributed by atoms with Gasteiger partial charge in [0.2, 0.25) is 11.8 Å².